The van der Waals surface area contributed by atoms with Crippen molar-refractivity contribution in [3.63, 3.8) is 0 Å². The highest BCUT2D eigenvalue weighted by Crippen LogP contribution is 2.02. The van der Waals surface area contributed by atoms with Gasteiger partial charge in [-0.05, 0) is 18.2 Å². The van der Waals surface area contributed by atoms with Gasteiger partial charge in [0, 0.05) is 50.2 Å². The maximum atomic E-state index is 11.9. The van der Waals surface area contributed by atoms with Crippen LogP contribution in [0.1, 0.15) is 21.7 Å². The first kappa shape index (κ1) is 13.2. The number of aryl methyl sites for hydroxylation is 1. The molecule has 2 heterocycles. The van der Waals surface area contributed by atoms with Crippen molar-refractivity contribution in [2.75, 3.05) is 6.54 Å². The van der Waals surface area contributed by atoms with Crippen LogP contribution in [0.2, 0.25) is 0 Å². The molecule has 0 aliphatic rings. The molecule has 0 saturated heterocycles. The van der Waals surface area contributed by atoms with Crippen molar-refractivity contribution >= 4 is 5.91 Å². The Kier molecular flexibility index (Phi) is 4.25. The minimum absolute atomic E-state index is 0.112. The van der Waals surface area contributed by atoms with Crippen LogP contribution >= 0.6 is 0 Å². The fourth-order valence-electron chi connectivity index (χ4n) is 1.78. The Morgan fingerprint density at radius 2 is 2.26 bits per heavy atom. The van der Waals surface area contributed by atoms with Crippen LogP contribution in [0, 0.1) is 0 Å². The minimum atomic E-state index is -0.112. The Balaban J connectivity index is 1.89. The molecule has 0 atom stereocenters. The molecule has 0 fully saturated rings. The average Bonchev–Trinajstić information content (AvgIpc) is 2.84. The van der Waals surface area contributed by atoms with Crippen LogP contribution in [-0.4, -0.2) is 27.2 Å². The van der Waals surface area contributed by atoms with E-state index in [4.69, 9.17) is 5.73 Å². The van der Waals surface area contributed by atoms with Gasteiger partial charge in [0.1, 0.15) is 0 Å². The number of pyridine rings is 1. The summed E-state index contributed by atoms with van der Waals surface area (Å²) in [5.41, 5.74) is 7.87. The first-order valence-corrected chi connectivity index (χ1v) is 6.11. The fraction of sp³-hybridized carbons (Fsp3) is 0.308. The lowest BCUT2D eigenvalue weighted by molar-refractivity contribution is 0.0953. The molecule has 3 N–H and O–H groups in total. The Morgan fingerprint density at radius 1 is 1.42 bits per heavy atom. The number of hydrogen-bond donors (Lipinski definition) is 2. The van der Waals surface area contributed by atoms with Gasteiger partial charge in [0.2, 0.25) is 0 Å². The van der Waals surface area contributed by atoms with Gasteiger partial charge >= 0.3 is 0 Å². The highest BCUT2D eigenvalue weighted by molar-refractivity contribution is 5.94. The number of carbonyl (C=O) groups is 1. The molecule has 0 saturated carbocycles. The van der Waals surface area contributed by atoms with E-state index in [9.17, 15) is 4.79 Å². The standard InChI is InChI=1S/C13H17N5O/c1-18-12(4-7-17-18)3-6-16-13(19)10-2-5-15-11(8-10)9-14/h2,4-5,7-8H,3,6,9,14H2,1H3,(H,16,19). The van der Waals surface area contributed by atoms with Gasteiger partial charge in [0.05, 0.1) is 5.69 Å². The maximum absolute atomic E-state index is 11.9. The van der Waals surface area contributed by atoms with Gasteiger partial charge < -0.3 is 11.1 Å². The molecule has 6 nitrogen and oxygen atoms in total. The molecule has 0 unspecified atom stereocenters. The van der Waals surface area contributed by atoms with Crippen LogP contribution in [0.15, 0.2) is 30.6 Å². The summed E-state index contributed by atoms with van der Waals surface area (Å²) in [6, 6.07) is 5.32. The number of amides is 1. The molecule has 2 aromatic heterocycles. The summed E-state index contributed by atoms with van der Waals surface area (Å²) in [7, 11) is 1.88. The molecule has 1 amide bonds. The zero-order valence-electron chi connectivity index (χ0n) is 10.8. The van der Waals surface area contributed by atoms with Crippen LogP contribution in [0.3, 0.4) is 0 Å². The van der Waals surface area contributed by atoms with E-state index in [1.165, 1.54) is 0 Å². The van der Waals surface area contributed by atoms with Crippen molar-refractivity contribution in [1.82, 2.24) is 20.1 Å². The number of nitrogens with zero attached hydrogens (tertiary/aromatic N) is 3. The van der Waals surface area contributed by atoms with Crippen LogP contribution in [-0.2, 0) is 20.0 Å². The molecule has 6 heteroatoms. The van der Waals surface area contributed by atoms with E-state index >= 15 is 0 Å². The van der Waals surface area contributed by atoms with Gasteiger partial charge in [-0.3, -0.25) is 14.5 Å². The molecular formula is C13H17N5O. The molecule has 0 aliphatic carbocycles. The Bertz CT molecular complexity index is 564. The summed E-state index contributed by atoms with van der Waals surface area (Å²) in [5, 5.41) is 6.94. The molecule has 0 aliphatic heterocycles. The number of nitrogens with two attached hydrogens (primary N) is 1. The summed E-state index contributed by atoms with van der Waals surface area (Å²) in [6.07, 6.45) is 4.09. The highest BCUT2D eigenvalue weighted by atomic mass is 16.1. The molecule has 2 rings (SSSR count). The molecule has 0 radical (unpaired) electrons. The third-order valence-corrected chi connectivity index (χ3v) is 2.88. The van der Waals surface area contributed by atoms with Crippen molar-refractivity contribution in [2.45, 2.75) is 13.0 Å². The van der Waals surface area contributed by atoms with Crippen molar-refractivity contribution in [2.24, 2.45) is 12.8 Å². The highest BCUT2D eigenvalue weighted by Gasteiger charge is 2.06. The van der Waals surface area contributed by atoms with Gasteiger partial charge in [-0.2, -0.15) is 5.10 Å². The predicted molar refractivity (Wildman–Crippen MR) is 71.4 cm³/mol. The summed E-state index contributed by atoms with van der Waals surface area (Å²) in [6.45, 7) is 0.898. The topological polar surface area (TPSA) is 85.8 Å². The summed E-state index contributed by atoms with van der Waals surface area (Å²) in [4.78, 5) is 16.0. The van der Waals surface area contributed by atoms with Crippen LogP contribution in [0.4, 0.5) is 0 Å². The predicted octanol–water partition coefficient (Wildman–Crippen LogP) is 0.246. The number of rotatable bonds is 5. The first-order valence-electron chi connectivity index (χ1n) is 6.11. The van der Waals surface area contributed by atoms with Crippen molar-refractivity contribution < 1.29 is 4.79 Å². The third-order valence-electron chi connectivity index (χ3n) is 2.88. The summed E-state index contributed by atoms with van der Waals surface area (Å²) < 4.78 is 1.80. The smallest absolute Gasteiger partial charge is 0.251 e. The van der Waals surface area contributed by atoms with E-state index in [1.54, 1.807) is 29.2 Å². The monoisotopic (exact) mass is 259 g/mol. The van der Waals surface area contributed by atoms with Gasteiger partial charge in [-0.1, -0.05) is 0 Å². The van der Waals surface area contributed by atoms with E-state index in [-0.39, 0.29) is 5.91 Å². The number of hydrogen-bond acceptors (Lipinski definition) is 4. The molecule has 0 bridgehead atoms. The van der Waals surface area contributed by atoms with Crippen LogP contribution in [0.25, 0.3) is 0 Å². The van der Waals surface area contributed by atoms with Crippen molar-refractivity contribution in [1.29, 1.82) is 0 Å². The van der Waals surface area contributed by atoms with Crippen molar-refractivity contribution in [3.8, 4) is 0 Å². The molecular weight excluding hydrogens is 242 g/mol. The second-order valence-corrected chi connectivity index (χ2v) is 4.19. The zero-order chi connectivity index (χ0) is 13.7. The minimum Gasteiger partial charge on any atom is -0.352 e. The molecule has 100 valence electrons. The van der Waals surface area contributed by atoms with Gasteiger partial charge in [-0.25, -0.2) is 0 Å². The summed E-state index contributed by atoms with van der Waals surface area (Å²) >= 11 is 0. The zero-order valence-corrected chi connectivity index (χ0v) is 10.8. The number of nitrogens with one attached hydrogen (secondary N) is 1. The number of carbonyl (C=O) groups excluding carboxylic acids is 1. The van der Waals surface area contributed by atoms with Gasteiger partial charge in [-0.15, -0.1) is 0 Å². The molecule has 0 aromatic carbocycles. The van der Waals surface area contributed by atoms with Crippen molar-refractivity contribution in [3.05, 3.63) is 47.5 Å². The normalized spacial score (nSPS) is 10.4. The van der Waals surface area contributed by atoms with E-state index in [2.05, 4.69) is 15.4 Å². The second-order valence-electron chi connectivity index (χ2n) is 4.19. The van der Waals surface area contributed by atoms with Gasteiger partial charge in [0.25, 0.3) is 5.91 Å². The largest absolute Gasteiger partial charge is 0.352 e. The van der Waals surface area contributed by atoms with Crippen LogP contribution < -0.4 is 11.1 Å². The maximum Gasteiger partial charge on any atom is 0.251 e. The number of aromatic nitrogens is 3. The lowest BCUT2D eigenvalue weighted by Crippen LogP contribution is -2.26. The lowest BCUT2D eigenvalue weighted by Gasteiger charge is -2.06. The molecule has 19 heavy (non-hydrogen) atoms. The van der Waals surface area contributed by atoms with E-state index < -0.39 is 0 Å². The van der Waals surface area contributed by atoms with E-state index in [0.29, 0.717) is 24.3 Å². The lowest BCUT2D eigenvalue weighted by atomic mass is 10.2. The third kappa shape index (κ3) is 3.38. The SMILES string of the molecule is Cn1nccc1CCNC(=O)c1ccnc(CN)c1. The Hall–Kier alpha value is -2.21. The average molecular weight is 259 g/mol. The Morgan fingerprint density at radius 3 is 2.95 bits per heavy atom. The van der Waals surface area contributed by atoms with Gasteiger partial charge in [0.15, 0.2) is 0 Å². The van der Waals surface area contributed by atoms with E-state index in [1.807, 2.05) is 13.1 Å². The molecule has 2 aromatic rings. The van der Waals surface area contributed by atoms with E-state index in [0.717, 1.165) is 12.1 Å². The fourth-order valence-corrected chi connectivity index (χ4v) is 1.78. The first-order chi connectivity index (χ1) is 9.20. The van der Waals surface area contributed by atoms with Crippen LogP contribution in [0.5, 0.6) is 0 Å². The second kappa shape index (κ2) is 6.10. The quantitative estimate of drug-likeness (QED) is 0.805. The Labute approximate surface area is 111 Å². The molecule has 0 spiro atoms. The summed E-state index contributed by atoms with van der Waals surface area (Å²) in [5.74, 6) is -0.112.